The molecule has 0 atom stereocenters. The fourth-order valence-electron chi connectivity index (χ4n) is 4.01. The molecule has 30 heavy (non-hydrogen) atoms. The van der Waals surface area contributed by atoms with Gasteiger partial charge in [0, 0.05) is 35.6 Å². The van der Waals surface area contributed by atoms with Crippen molar-refractivity contribution in [3.63, 3.8) is 0 Å². The summed E-state index contributed by atoms with van der Waals surface area (Å²) >= 11 is 6.22. The Morgan fingerprint density at radius 1 is 1.20 bits per heavy atom. The standard InChI is InChI=1S/C23H25ClFN3O2/c1-26-23(29)16-8-10-27(11-9-16)12-13-30-22-15-28(19-5-3-18(25)4-6-19)21-7-2-17(24)14-20(21)22/h2-7,14-16H,8-13H2,1H3,(H,26,29). The fraction of sp³-hybridized carbons (Fsp3) is 0.348. The van der Waals surface area contributed by atoms with E-state index >= 15 is 0 Å². The molecule has 3 aromatic rings. The van der Waals surface area contributed by atoms with Gasteiger partial charge in [-0.05, 0) is 68.4 Å². The van der Waals surface area contributed by atoms with Crippen LogP contribution in [0.25, 0.3) is 16.6 Å². The maximum absolute atomic E-state index is 13.3. The van der Waals surface area contributed by atoms with Crippen LogP contribution < -0.4 is 10.1 Å². The van der Waals surface area contributed by atoms with E-state index in [9.17, 15) is 9.18 Å². The van der Waals surface area contributed by atoms with Crippen LogP contribution in [0.15, 0.2) is 48.7 Å². The van der Waals surface area contributed by atoms with Gasteiger partial charge in [0.25, 0.3) is 0 Å². The number of carbonyl (C=O) groups is 1. The second-order valence-electron chi connectivity index (χ2n) is 7.58. The molecule has 0 bridgehead atoms. The number of ether oxygens (including phenoxy) is 1. The van der Waals surface area contributed by atoms with Gasteiger partial charge in [0.05, 0.1) is 11.7 Å². The molecular weight excluding hydrogens is 405 g/mol. The molecule has 158 valence electrons. The van der Waals surface area contributed by atoms with Crippen molar-refractivity contribution in [1.82, 2.24) is 14.8 Å². The molecule has 0 unspecified atom stereocenters. The SMILES string of the molecule is CNC(=O)C1CCN(CCOc2cn(-c3ccc(F)cc3)c3ccc(Cl)cc23)CC1. The molecule has 1 aliphatic heterocycles. The Labute approximate surface area is 180 Å². The number of carbonyl (C=O) groups excluding carboxylic acids is 1. The third-order valence-corrected chi connectivity index (χ3v) is 5.94. The first-order valence-corrected chi connectivity index (χ1v) is 10.6. The van der Waals surface area contributed by atoms with E-state index in [4.69, 9.17) is 16.3 Å². The third kappa shape index (κ3) is 4.45. The summed E-state index contributed by atoms with van der Waals surface area (Å²) < 4.78 is 21.4. The number of fused-ring (bicyclic) bond motifs is 1. The third-order valence-electron chi connectivity index (χ3n) is 5.70. The van der Waals surface area contributed by atoms with Gasteiger partial charge in [-0.1, -0.05) is 11.6 Å². The lowest BCUT2D eigenvalue weighted by molar-refractivity contribution is -0.125. The highest BCUT2D eigenvalue weighted by Crippen LogP contribution is 2.33. The predicted octanol–water partition coefficient (Wildman–Crippen LogP) is 4.26. The van der Waals surface area contributed by atoms with E-state index in [0.717, 1.165) is 54.8 Å². The molecule has 0 radical (unpaired) electrons. The Balaban J connectivity index is 1.45. The van der Waals surface area contributed by atoms with Crippen LogP contribution in [-0.2, 0) is 4.79 Å². The lowest BCUT2D eigenvalue weighted by Gasteiger charge is -2.30. The first kappa shape index (κ1) is 20.7. The Morgan fingerprint density at radius 3 is 2.63 bits per heavy atom. The van der Waals surface area contributed by atoms with Crippen LogP contribution in [-0.4, -0.2) is 48.7 Å². The Hall–Kier alpha value is -2.57. The molecule has 5 nitrogen and oxygen atoms in total. The summed E-state index contributed by atoms with van der Waals surface area (Å²) in [5.74, 6) is 0.728. The zero-order chi connectivity index (χ0) is 21.1. The Kier molecular flexibility index (Phi) is 6.25. The molecule has 1 N–H and O–H groups in total. The number of benzene rings is 2. The number of rotatable bonds is 6. The summed E-state index contributed by atoms with van der Waals surface area (Å²) in [5, 5.41) is 4.30. The molecule has 7 heteroatoms. The minimum Gasteiger partial charge on any atom is -0.490 e. The molecule has 1 aromatic heterocycles. The van der Waals surface area contributed by atoms with Crippen molar-refractivity contribution < 1.29 is 13.9 Å². The van der Waals surface area contributed by atoms with Crippen molar-refractivity contribution >= 4 is 28.4 Å². The van der Waals surface area contributed by atoms with Crippen molar-refractivity contribution in [3.05, 3.63) is 59.5 Å². The number of halogens is 2. The molecule has 0 spiro atoms. The second-order valence-corrected chi connectivity index (χ2v) is 8.02. The quantitative estimate of drug-likeness (QED) is 0.636. The molecule has 4 rings (SSSR count). The molecule has 1 fully saturated rings. The van der Waals surface area contributed by atoms with Crippen molar-refractivity contribution in [3.8, 4) is 11.4 Å². The van der Waals surface area contributed by atoms with Crippen LogP contribution in [0.3, 0.4) is 0 Å². The number of amides is 1. The van der Waals surface area contributed by atoms with Crippen molar-refractivity contribution in [2.75, 3.05) is 33.3 Å². The van der Waals surface area contributed by atoms with Gasteiger partial charge in [0.2, 0.25) is 5.91 Å². The zero-order valence-electron chi connectivity index (χ0n) is 16.9. The number of nitrogens with one attached hydrogen (secondary N) is 1. The number of hydrogen-bond donors (Lipinski definition) is 1. The van der Waals surface area contributed by atoms with Gasteiger partial charge in [-0.2, -0.15) is 0 Å². The highest BCUT2D eigenvalue weighted by molar-refractivity contribution is 6.31. The average Bonchev–Trinajstić information content (AvgIpc) is 3.12. The van der Waals surface area contributed by atoms with Gasteiger partial charge in [-0.15, -0.1) is 0 Å². The molecule has 1 saturated heterocycles. The van der Waals surface area contributed by atoms with E-state index in [-0.39, 0.29) is 17.6 Å². The van der Waals surface area contributed by atoms with Gasteiger partial charge in [0.15, 0.2) is 0 Å². The predicted molar refractivity (Wildman–Crippen MR) is 117 cm³/mol. The van der Waals surface area contributed by atoms with Crippen LogP contribution in [0.5, 0.6) is 5.75 Å². The molecule has 1 amide bonds. The maximum atomic E-state index is 13.3. The van der Waals surface area contributed by atoms with Crippen molar-refractivity contribution in [2.24, 2.45) is 5.92 Å². The summed E-state index contributed by atoms with van der Waals surface area (Å²) in [5.41, 5.74) is 1.81. The Bertz CT molecular complexity index is 1030. The second kappa shape index (κ2) is 9.06. The van der Waals surface area contributed by atoms with Crippen LogP contribution in [0.2, 0.25) is 5.02 Å². The monoisotopic (exact) mass is 429 g/mol. The smallest absolute Gasteiger partial charge is 0.222 e. The molecule has 2 aromatic carbocycles. The largest absolute Gasteiger partial charge is 0.490 e. The topological polar surface area (TPSA) is 46.5 Å². The molecule has 2 heterocycles. The first-order chi connectivity index (χ1) is 14.5. The van der Waals surface area contributed by atoms with Gasteiger partial charge < -0.3 is 14.6 Å². The van der Waals surface area contributed by atoms with E-state index in [1.165, 1.54) is 12.1 Å². The van der Waals surface area contributed by atoms with E-state index in [1.54, 1.807) is 19.2 Å². The first-order valence-electron chi connectivity index (χ1n) is 10.2. The summed E-state index contributed by atoms with van der Waals surface area (Å²) in [6.45, 7) is 3.12. The minimum atomic E-state index is -0.269. The van der Waals surface area contributed by atoms with E-state index in [2.05, 4.69) is 10.2 Å². The minimum absolute atomic E-state index is 0.114. The summed E-state index contributed by atoms with van der Waals surface area (Å²) in [4.78, 5) is 14.1. The number of likely N-dealkylation sites (tertiary alicyclic amines) is 1. The molecule has 0 aliphatic carbocycles. The molecule has 0 saturated carbocycles. The van der Waals surface area contributed by atoms with E-state index in [0.29, 0.717) is 11.6 Å². The number of piperidine rings is 1. The van der Waals surface area contributed by atoms with E-state index < -0.39 is 0 Å². The lowest BCUT2D eigenvalue weighted by Crippen LogP contribution is -2.41. The normalized spacial score (nSPS) is 15.4. The number of aromatic nitrogens is 1. The highest BCUT2D eigenvalue weighted by atomic mass is 35.5. The van der Waals surface area contributed by atoms with Gasteiger partial charge in [-0.3, -0.25) is 9.69 Å². The average molecular weight is 430 g/mol. The maximum Gasteiger partial charge on any atom is 0.222 e. The number of nitrogens with zero attached hydrogens (tertiary/aromatic N) is 2. The molecule has 1 aliphatic rings. The van der Waals surface area contributed by atoms with Crippen LogP contribution in [0.1, 0.15) is 12.8 Å². The Morgan fingerprint density at radius 2 is 1.93 bits per heavy atom. The summed E-state index contributed by atoms with van der Waals surface area (Å²) in [6.07, 6.45) is 3.67. The van der Waals surface area contributed by atoms with Crippen molar-refractivity contribution in [1.29, 1.82) is 0 Å². The fourth-order valence-corrected chi connectivity index (χ4v) is 4.18. The van der Waals surface area contributed by atoms with Gasteiger partial charge >= 0.3 is 0 Å². The summed E-state index contributed by atoms with van der Waals surface area (Å²) in [7, 11) is 1.69. The van der Waals surface area contributed by atoms with Crippen LogP contribution in [0, 0.1) is 11.7 Å². The highest BCUT2D eigenvalue weighted by Gasteiger charge is 2.24. The molecular formula is C23H25ClFN3O2. The van der Waals surface area contributed by atoms with Gasteiger partial charge in [-0.25, -0.2) is 4.39 Å². The van der Waals surface area contributed by atoms with E-state index in [1.807, 2.05) is 29.0 Å². The van der Waals surface area contributed by atoms with Gasteiger partial charge in [0.1, 0.15) is 18.2 Å². The van der Waals surface area contributed by atoms with Crippen molar-refractivity contribution in [2.45, 2.75) is 12.8 Å². The van der Waals surface area contributed by atoms with Crippen LogP contribution >= 0.6 is 11.6 Å². The summed E-state index contributed by atoms with van der Waals surface area (Å²) in [6, 6.07) is 12.0. The lowest BCUT2D eigenvalue weighted by atomic mass is 9.96. The zero-order valence-corrected chi connectivity index (χ0v) is 17.7. The van der Waals surface area contributed by atoms with Crippen LogP contribution in [0.4, 0.5) is 4.39 Å². The number of hydrogen-bond acceptors (Lipinski definition) is 3.